The molecule has 1 unspecified atom stereocenters. The fourth-order valence-electron chi connectivity index (χ4n) is 3.66. The van der Waals surface area contributed by atoms with Gasteiger partial charge < -0.3 is 9.88 Å². The lowest BCUT2D eigenvalue weighted by Gasteiger charge is -2.39. The number of halogens is 1. The predicted octanol–water partition coefficient (Wildman–Crippen LogP) is 4.48. The number of hydrogen-bond acceptors (Lipinski definition) is 2. The molecule has 1 aliphatic heterocycles. The second-order valence-electron chi connectivity index (χ2n) is 7.18. The van der Waals surface area contributed by atoms with Gasteiger partial charge >= 0.3 is 0 Å². The number of fused-ring (bicyclic) bond motifs is 1. The summed E-state index contributed by atoms with van der Waals surface area (Å²) >= 11 is 6.21. The molecule has 1 saturated carbocycles. The average molecular weight is 304 g/mol. The number of piperidine rings is 1. The summed E-state index contributed by atoms with van der Waals surface area (Å²) in [5, 5.41) is 4.51. The van der Waals surface area contributed by atoms with Crippen molar-refractivity contribution in [1.82, 2.24) is 14.9 Å². The predicted molar refractivity (Wildman–Crippen MR) is 86.8 cm³/mol. The maximum atomic E-state index is 6.21. The summed E-state index contributed by atoms with van der Waals surface area (Å²) in [6.45, 7) is 5.80. The number of benzene rings is 1. The molecule has 1 N–H and O–H groups in total. The number of nitrogens with one attached hydrogen (secondary N) is 1. The number of rotatable bonds is 2. The Labute approximate surface area is 130 Å². The van der Waals surface area contributed by atoms with Crippen LogP contribution in [-0.2, 0) is 0 Å². The number of nitrogens with zero attached hydrogens (tertiary/aromatic N) is 2. The molecular weight excluding hydrogens is 282 g/mol. The zero-order valence-electron chi connectivity index (χ0n) is 12.7. The minimum absolute atomic E-state index is 0.246. The first-order valence-electron chi connectivity index (χ1n) is 7.97. The van der Waals surface area contributed by atoms with E-state index in [0.29, 0.717) is 12.1 Å². The highest BCUT2D eigenvalue weighted by Crippen LogP contribution is 2.45. The summed E-state index contributed by atoms with van der Waals surface area (Å²) in [5.41, 5.74) is 2.52. The zero-order chi connectivity index (χ0) is 14.6. The van der Waals surface area contributed by atoms with Gasteiger partial charge in [0.25, 0.3) is 0 Å². The highest BCUT2D eigenvalue weighted by molar-refractivity contribution is 6.31. The molecule has 2 aliphatic rings. The standard InChI is InChI=1S/C17H22ClN3/c1-17(2)8-3-9-19-15(17)16-20-13-7-4-11(18)10-14(13)21(16)12-5-6-12/h4,7,10,12,15,19H,3,5-6,8-9H2,1-2H3. The van der Waals surface area contributed by atoms with Gasteiger partial charge in [0.05, 0.1) is 17.1 Å². The van der Waals surface area contributed by atoms with Gasteiger partial charge in [0.1, 0.15) is 5.82 Å². The number of aromatic nitrogens is 2. The summed E-state index contributed by atoms with van der Waals surface area (Å²) in [7, 11) is 0. The molecule has 3 nitrogen and oxygen atoms in total. The molecule has 21 heavy (non-hydrogen) atoms. The van der Waals surface area contributed by atoms with Crippen molar-refractivity contribution in [3.63, 3.8) is 0 Å². The van der Waals surface area contributed by atoms with Gasteiger partial charge in [-0.3, -0.25) is 0 Å². The topological polar surface area (TPSA) is 29.9 Å². The summed E-state index contributed by atoms with van der Waals surface area (Å²) in [5.74, 6) is 1.21. The molecule has 4 heteroatoms. The quantitative estimate of drug-likeness (QED) is 0.886. The van der Waals surface area contributed by atoms with Gasteiger partial charge in [-0.1, -0.05) is 25.4 Å². The second-order valence-corrected chi connectivity index (χ2v) is 7.62. The third-order valence-electron chi connectivity index (χ3n) is 4.98. The van der Waals surface area contributed by atoms with Crippen molar-refractivity contribution in [2.24, 2.45) is 5.41 Å². The van der Waals surface area contributed by atoms with E-state index in [0.717, 1.165) is 17.1 Å². The molecule has 112 valence electrons. The van der Waals surface area contributed by atoms with E-state index in [-0.39, 0.29) is 5.41 Å². The first-order valence-corrected chi connectivity index (χ1v) is 8.35. The zero-order valence-corrected chi connectivity index (χ0v) is 13.5. The molecule has 1 aromatic carbocycles. The van der Waals surface area contributed by atoms with Crippen molar-refractivity contribution in [3.05, 3.63) is 29.0 Å². The Morgan fingerprint density at radius 1 is 1.33 bits per heavy atom. The summed E-state index contributed by atoms with van der Waals surface area (Å²) < 4.78 is 2.45. The first-order chi connectivity index (χ1) is 10.1. The summed E-state index contributed by atoms with van der Waals surface area (Å²) in [4.78, 5) is 4.98. The molecule has 1 aromatic heterocycles. The van der Waals surface area contributed by atoms with Crippen LogP contribution in [0, 0.1) is 5.41 Å². The van der Waals surface area contributed by atoms with E-state index in [1.54, 1.807) is 0 Å². The molecule has 1 saturated heterocycles. The SMILES string of the molecule is CC1(C)CCCNC1c1nc2ccc(Cl)cc2n1C1CC1. The van der Waals surface area contributed by atoms with Crippen LogP contribution in [0.2, 0.25) is 5.02 Å². The van der Waals surface area contributed by atoms with Crippen LogP contribution in [-0.4, -0.2) is 16.1 Å². The Morgan fingerprint density at radius 2 is 2.14 bits per heavy atom. The molecule has 2 fully saturated rings. The lowest BCUT2D eigenvalue weighted by atomic mass is 9.77. The van der Waals surface area contributed by atoms with Crippen molar-refractivity contribution < 1.29 is 0 Å². The second kappa shape index (κ2) is 4.72. The normalized spacial score (nSPS) is 25.4. The molecule has 1 atom stereocenters. The molecule has 1 aliphatic carbocycles. The Hall–Kier alpha value is -1.06. The van der Waals surface area contributed by atoms with E-state index in [9.17, 15) is 0 Å². The molecular formula is C17H22ClN3. The van der Waals surface area contributed by atoms with Gasteiger partial charge in [0.2, 0.25) is 0 Å². The summed E-state index contributed by atoms with van der Waals surface area (Å²) in [6.07, 6.45) is 5.02. The molecule has 0 amide bonds. The van der Waals surface area contributed by atoms with Crippen molar-refractivity contribution in [3.8, 4) is 0 Å². The fourth-order valence-corrected chi connectivity index (χ4v) is 3.82. The van der Waals surface area contributed by atoms with Crippen LogP contribution in [0.4, 0.5) is 0 Å². The van der Waals surface area contributed by atoms with Gasteiger partial charge in [-0.2, -0.15) is 0 Å². The molecule has 2 heterocycles. The van der Waals surface area contributed by atoms with Crippen LogP contribution in [0.15, 0.2) is 18.2 Å². The molecule has 4 rings (SSSR count). The van der Waals surface area contributed by atoms with E-state index in [1.165, 1.54) is 37.0 Å². The van der Waals surface area contributed by atoms with E-state index >= 15 is 0 Å². The van der Waals surface area contributed by atoms with E-state index in [4.69, 9.17) is 16.6 Å². The van der Waals surface area contributed by atoms with Crippen LogP contribution in [0.5, 0.6) is 0 Å². The Kier molecular flexibility index (Phi) is 3.05. The largest absolute Gasteiger partial charge is 0.323 e. The van der Waals surface area contributed by atoms with Crippen LogP contribution in [0.25, 0.3) is 11.0 Å². The summed E-state index contributed by atoms with van der Waals surface area (Å²) in [6, 6.07) is 7.01. The molecule has 0 spiro atoms. The van der Waals surface area contributed by atoms with Gasteiger partial charge in [0, 0.05) is 11.1 Å². The Morgan fingerprint density at radius 3 is 2.86 bits per heavy atom. The van der Waals surface area contributed by atoms with Crippen molar-refractivity contribution in [1.29, 1.82) is 0 Å². The van der Waals surface area contributed by atoms with E-state index in [2.05, 4.69) is 35.9 Å². The lowest BCUT2D eigenvalue weighted by molar-refractivity contribution is 0.171. The minimum Gasteiger partial charge on any atom is -0.323 e. The minimum atomic E-state index is 0.246. The molecule has 0 bridgehead atoms. The third kappa shape index (κ3) is 2.27. The van der Waals surface area contributed by atoms with Crippen molar-refractivity contribution >= 4 is 22.6 Å². The number of hydrogen-bond donors (Lipinski definition) is 1. The van der Waals surface area contributed by atoms with Gasteiger partial charge in [-0.15, -0.1) is 0 Å². The van der Waals surface area contributed by atoms with Crippen LogP contribution in [0.3, 0.4) is 0 Å². The van der Waals surface area contributed by atoms with Crippen LogP contribution >= 0.6 is 11.6 Å². The Balaban J connectivity index is 1.89. The van der Waals surface area contributed by atoms with E-state index < -0.39 is 0 Å². The highest BCUT2D eigenvalue weighted by atomic mass is 35.5. The monoisotopic (exact) mass is 303 g/mol. The highest BCUT2D eigenvalue weighted by Gasteiger charge is 2.39. The first kappa shape index (κ1) is 13.6. The Bertz CT molecular complexity index is 685. The maximum absolute atomic E-state index is 6.21. The van der Waals surface area contributed by atoms with Crippen LogP contribution < -0.4 is 5.32 Å². The van der Waals surface area contributed by atoms with E-state index in [1.807, 2.05) is 6.07 Å². The molecule has 0 radical (unpaired) electrons. The van der Waals surface area contributed by atoms with Gasteiger partial charge in [-0.05, 0) is 55.8 Å². The fraction of sp³-hybridized carbons (Fsp3) is 0.588. The average Bonchev–Trinajstić information content (AvgIpc) is 3.20. The maximum Gasteiger partial charge on any atom is 0.127 e. The van der Waals surface area contributed by atoms with Gasteiger partial charge in [0.15, 0.2) is 0 Å². The smallest absolute Gasteiger partial charge is 0.127 e. The van der Waals surface area contributed by atoms with Crippen LogP contribution in [0.1, 0.15) is 57.4 Å². The van der Waals surface area contributed by atoms with Gasteiger partial charge in [-0.25, -0.2) is 4.98 Å². The third-order valence-corrected chi connectivity index (χ3v) is 5.21. The molecule has 2 aromatic rings. The lowest BCUT2D eigenvalue weighted by Crippen LogP contribution is -2.41. The number of imidazole rings is 1. The van der Waals surface area contributed by atoms with Crippen molar-refractivity contribution in [2.75, 3.05) is 6.54 Å². The van der Waals surface area contributed by atoms with Crippen molar-refractivity contribution in [2.45, 2.75) is 51.6 Å².